The molecule has 0 heterocycles. The van der Waals surface area contributed by atoms with Crippen molar-refractivity contribution in [3.63, 3.8) is 0 Å². The van der Waals surface area contributed by atoms with Crippen LogP contribution in [0.2, 0.25) is 0 Å². The first kappa shape index (κ1) is 13.0. The molecule has 0 aliphatic heterocycles. The first-order valence-corrected chi connectivity index (χ1v) is 6.47. The molecule has 90 valence electrons. The Labute approximate surface area is 95.2 Å². The van der Waals surface area contributed by atoms with E-state index in [1.807, 2.05) is 0 Å². The Morgan fingerprint density at radius 2 is 1.87 bits per heavy atom. The standard InChI is InChI=1S/C13H28N2/c1-12(2)10-13(6-4-5-7-13)11-15(3)9-8-14/h12H,4-11,14H2,1-3H3. The third-order valence-electron chi connectivity index (χ3n) is 3.62. The minimum Gasteiger partial charge on any atom is -0.329 e. The van der Waals surface area contributed by atoms with Gasteiger partial charge in [0.15, 0.2) is 0 Å². The highest BCUT2D eigenvalue weighted by molar-refractivity contribution is 4.87. The summed E-state index contributed by atoms with van der Waals surface area (Å²) in [5.41, 5.74) is 6.22. The highest BCUT2D eigenvalue weighted by Crippen LogP contribution is 2.43. The van der Waals surface area contributed by atoms with Gasteiger partial charge in [0.1, 0.15) is 0 Å². The van der Waals surface area contributed by atoms with Gasteiger partial charge in [-0.15, -0.1) is 0 Å². The fourth-order valence-electron chi connectivity index (χ4n) is 3.29. The Hall–Kier alpha value is -0.0800. The molecule has 0 saturated heterocycles. The summed E-state index contributed by atoms with van der Waals surface area (Å²) in [6.07, 6.45) is 7.12. The lowest BCUT2D eigenvalue weighted by molar-refractivity contribution is 0.150. The molecule has 2 heteroatoms. The zero-order chi connectivity index (χ0) is 11.3. The van der Waals surface area contributed by atoms with E-state index in [-0.39, 0.29) is 0 Å². The highest BCUT2D eigenvalue weighted by atomic mass is 15.1. The van der Waals surface area contributed by atoms with Crippen LogP contribution in [-0.2, 0) is 0 Å². The number of likely N-dealkylation sites (N-methyl/N-ethyl adjacent to an activating group) is 1. The lowest BCUT2D eigenvalue weighted by Gasteiger charge is -2.35. The summed E-state index contributed by atoms with van der Waals surface area (Å²) in [6.45, 7) is 7.78. The molecule has 0 radical (unpaired) electrons. The number of hydrogen-bond acceptors (Lipinski definition) is 2. The summed E-state index contributed by atoms with van der Waals surface area (Å²) >= 11 is 0. The van der Waals surface area contributed by atoms with E-state index in [9.17, 15) is 0 Å². The average Bonchev–Trinajstić information content (AvgIpc) is 2.51. The molecular formula is C13H28N2. The van der Waals surface area contributed by atoms with Crippen molar-refractivity contribution in [2.24, 2.45) is 17.1 Å². The van der Waals surface area contributed by atoms with Crippen LogP contribution in [-0.4, -0.2) is 31.6 Å². The molecule has 0 atom stereocenters. The van der Waals surface area contributed by atoms with Gasteiger partial charge in [0, 0.05) is 19.6 Å². The van der Waals surface area contributed by atoms with Crippen LogP contribution in [0.15, 0.2) is 0 Å². The van der Waals surface area contributed by atoms with Crippen LogP contribution in [0.1, 0.15) is 46.0 Å². The van der Waals surface area contributed by atoms with E-state index < -0.39 is 0 Å². The molecule has 1 saturated carbocycles. The smallest absolute Gasteiger partial charge is 0.0102 e. The SMILES string of the molecule is CC(C)CC1(CN(C)CCN)CCCC1. The van der Waals surface area contributed by atoms with Crippen LogP contribution >= 0.6 is 0 Å². The Kier molecular flexibility index (Phi) is 5.07. The van der Waals surface area contributed by atoms with Crippen molar-refractivity contribution in [1.82, 2.24) is 4.90 Å². The van der Waals surface area contributed by atoms with Crippen molar-refractivity contribution in [2.45, 2.75) is 46.0 Å². The molecule has 1 fully saturated rings. The van der Waals surface area contributed by atoms with Crippen molar-refractivity contribution < 1.29 is 0 Å². The summed E-state index contributed by atoms with van der Waals surface area (Å²) in [6, 6.07) is 0. The van der Waals surface area contributed by atoms with Crippen molar-refractivity contribution in [1.29, 1.82) is 0 Å². The summed E-state index contributed by atoms with van der Waals surface area (Å²) in [7, 11) is 2.22. The van der Waals surface area contributed by atoms with Crippen LogP contribution < -0.4 is 5.73 Å². The molecule has 0 aromatic carbocycles. The largest absolute Gasteiger partial charge is 0.329 e. The van der Waals surface area contributed by atoms with E-state index in [1.54, 1.807) is 0 Å². The summed E-state index contributed by atoms with van der Waals surface area (Å²) in [4.78, 5) is 2.42. The monoisotopic (exact) mass is 212 g/mol. The maximum absolute atomic E-state index is 5.61. The third kappa shape index (κ3) is 4.12. The molecule has 2 nitrogen and oxygen atoms in total. The predicted octanol–water partition coefficient (Wildman–Crippen LogP) is 2.48. The minimum absolute atomic E-state index is 0.609. The fourth-order valence-corrected chi connectivity index (χ4v) is 3.29. The predicted molar refractivity (Wildman–Crippen MR) is 66.9 cm³/mol. The lowest BCUT2D eigenvalue weighted by Crippen LogP contribution is -2.37. The molecule has 0 unspecified atom stereocenters. The summed E-state index contributed by atoms with van der Waals surface area (Å²) in [5.74, 6) is 0.828. The van der Waals surface area contributed by atoms with Crippen LogP contribution in [0, 0.1) is 11.3 Å². The van der Waals surface area contributed by atoms with Crippen molar-refractivity contribution in [2.75, 3.05) is 26.7 Å². The second kappa shape index (κ2) is 5.86. The second-order valence-electron chi connectivity index (χ2n) is 5.83. The third-order valence-corrected chi connectivity index (χ3v) is 3.62. The van der Waals surface area contributed by atoms with E-state index in [1.165, 1.54) is 38.6 Å². The highest BCUT2D eigenvalue weighted by Gasteiger charge is 2.34. The maximum Gasteiger partial charge on any atom is 0.0102 e. The van der Waals surface area contributed by atoms with E-state index in [0.29, 0.717) is 5.41 Å². The molecule has 0 aromatic heterocycles. The quantitative estimate of drug-likeness (QED) is 0.733. The van der Waals surface area contributed by atoms with E-state index >= 15 is 0 Å². The minimum atomic E-state index is 0.609. The summed E-state index contributed by atoms with van der Waals surface area (Å²) in [5, 5.41) is 0. The van der Waals surface area contributed by atoms with E-state index in [0.717, 1.165) is 19.0 Å². The topological polar surface area (TPSA) is 29.3 Å². The second-order valence-corrected chi connectivity index (χ2v) is 5.83. The Balaban J connectivity index is 2.49. The Morgan fingerprint density at radius 1 is 1.27 bits per heavy atom. The number of hydrogen-bond donors (Lipinski definition) is 1. The molecule has 1 aliphatic rings. The van der Waals surface area contributed by atoms with Gasteiger partial charge in [0.25, 0.3) is 0 Å². The van der Waals surface area contributed by atoms with Gasteiger partial charge in [-0.3, -0.25) is 0 Å². The lowest BCUT2D eigenvalue weighted by atomic mass is 9.78. The van der Waals surface area contributed by atoms with Gasteiger partial charge in [-0.1, -0.05) is 26.7 Å². The van der Waals surface area contributed by atoms with Gasteiger partial charge in [-0.05, 0) is 37.6 Å². The van der Waals surface area contributed by atoms with Crippen molar-refractivity contribution >= 4 is 0 Å². The fraction of sp³-hybridized carbons (Fsp3) is 1.00. The van der Waals surface area contributed by atoms with Crippen LogP contribution in [0.4, 0.5) is 0 Å². The Morgan fingerprint density at radius 3 is 2.33 bits per heavy atom. The number of nitrogens with two attached hydrogens (primary N) is 1. The first-order chi connectivity index (χ1) is 7.08. The zero-order valence-corrected chi connectivity index (χ0v) is 10.8. The van der Waals surface area contributed by atoms with Crippen LogP contribution in [0.3, 0.4) is 0 Å². The van der Waals surface area contributed by atoms with Gasteiger partial charge in [0.2, 0.25) is 0 Å². The average molecular weight is 212 g/mol. The maximum atomic E-state index is 5.61. The normalized spacial score (nSPS) is 20.4. The molecule has 0 aromatic rings. The molecule has 2 N–H and O–H groups in total. The van der Waals surface area contributed by atoms with E-state index in [2.05, 4.69) is 25.8 Å². The van der Waals surface area contributed by atoms with Crippen molar-refractivity contribution in [3.05, 3.63) is 0 Å². The van der Waals surface area contributed by atoms with E-state index in [4.69, 9.17) is 5.73 Å². The van der Waals surface area contributed by atoms with Gasteiger partial charge < -0.3 is 10.6 Å². The number of nitrogens with zero attached hydrogens (tertiary/aromatic N) is 1. The molecule has 0 bridgehead atoms. The molecule has 1 rings (SSSR count). The van der Waals surface area contributed by atoms with Crippen LogP contribution in [0.25, 0.3) is 0 Å². The van der Waals surface area contributed by atoms with Gasteiger partial charge in [-0.25, -0.2) is 0 Å². The van der Waals surface area contributed by atoms with Gasteiger partial charge in [0.05, 0.1) is 0 Å². The van der Waals surface area contributed by atoms with Crippen LogP contribution in [0.5, 0.6) is 0 Å². The van der Waals surface area contributed by atoms with Gasteiger partial charge >= 0.3 is 0 Å². The molecule has 0 spiro atoms. The molecule has 1 aliphatic carbocycles. The number of rotatable bonds is 6. The summed E-state index contributed by atoms with van der Waals surface area (Å²) < 4.78 is 0. The molecule has 0 amide bonds. The Bertz CT molecular complexity index is 171. The zero-order valence-electron chi connectivity index (χ0n) is 10.8. The molecule has 15 heavy (non-hydrogen) atoms. The first-order valence-electron chi connectivity index (χ1n) is 6.47. The molecular weight excluding hydrogens is 184 g/mol. The van der Waals surface area contributed by atoms with Gasteiger partial charge in [-0.2, -0.15) is 0 Å². The van der Waals surface area contributed by atoms with Crippen molar-refractivity contribution in [3.8, 4) is 0 Å².